The van der Waals surface area contributed by atoms with E-state index in [-0.39, 0.29) is 0 Å². The maximum absolute atomic E-state index is 14.6. The van der Waals surface area contributed by atoms with Crippen LogP contribution in [0.1, 0.15) is 120 Å². The first-order chi connectivity index (χ1) is 16.0. The zero-order valence-electron chi connectivity index (χ0n) is 20.5. The zero-order chi connectivity index (χ0) is 23.6. The first-order valence-electron chi connectivity index (χ1n) is 13.2. The summed E-state index contributed by atoms with van der Waals surface area (Å²) in [5.41, 5.74) is 1.68. The summed E-state index contributed by atoms with van der Waals surface area (Å²) in [4.78, 5) is 0. The van der Waals surface area contributed by atoms with Crippen molar-refractivity contribution in [2.45, 2.75) is 103 Å². The van der Waals surface area contributed by atoms with E-state index in [1.54, 1.807) is 24.3 Å². The van der Waals surface area contributed by atoms with Crippen LogP contribution in [-0.2, 0) is 0 Å². The van der Waals surface area contributed by atoms with Gasteiger partial charge < -0.3 is 0 Å². The highest BCUT2D eigenvalue weighted by atomic mass is 19.1. The highest BCUT2D eigenvalue weighted by Gasteiger charge is 2.24. The molecule has 2 atom stereocenters. The molecule has 3 heteroatoms. The van der Waals surface area contributed by atoms with Crippen LogP contribution in [0.25, 0.3) is 0 Å². The Labute approximate surface area is 199 Å². The maximum Gasteiger partial charge on any atom is 0.126 e. The summed E-state index contributed by atoms with van der Waals surface area (Å²) < 4.78 is 41.5. The highest BCUT2D eigenvalue weighted by molar-refractivity contribution is 5.49. The Balaban J connectivity index is 1.53. The van der Waals surface area contributed by atoms with E-state index in [0.717, 1.165) is 37.5 Å². The van der Waals surface area contributed by atoms with Crippen LogP contribution in [0, 0.1) is 35.5 Å². The number of allylic oxidation sites excluding steroid dienone is 1. The van der Waals surface area contributed by atoms with E-state index < -0.39 is 12.3 Å². The van der Waals surface area contributed by atoms with Crippen LogP contribution >= 0.6 is 0 Å². The van der Waals surface area contributed by atoms with Gasteiger partial charge in [0.2, 0.25) is 0 Å². The summed E-state index contributed by atoms with van der Waals surface area (Å²) in [5, 5.41) is 0. The second-order valence-electron chi connectivity index (χ2n) is 10.2. The van der Waals surface area contributed by atoms with Gasteiger partial charge in [0.25, 0.3) is 0 Å². The minimum atomic E-state index is -1.10. The predicted octanol–water partition coefficient (Wildman–Crippen LogP) is 9.76. The summed E-state index contributed by atoms with van der Waals surface area (Å²) in [5.74, 6) is 8.99. The van der Waals surface area contributed by atoms with Crippen molar-refractivity contribution in [3.63, 3.8) is 0 Å². The fourth-order valence-electron chi connectivity index (χ4n) is 5.71. The topological polar surface area (TPSA) is 0 Å². The normalized spacial score (nSPS) is 27.7. The Morgan fingerprint density at radius 1 is 0.848 bits per heavy atom. The van der Waals surface area contributed by atoms with E-state index in [1.165, 1.54) is 38.5 Å². The Hall–Kier alpha value is -1.69. The molecule has 2 saturated carbocycles. The smallest absolute Gasteiger partial charge is 0.126 e. The van der Waals surface area contributed by atoms with Crippen LogP contribution in [0.2, 0.25) is 0 Å². The number of hydrogen-bond donors (Lipinski definition) is 0. The third-order valence-electron chi connectivity index (χ3n) is 7.99. The molecule has 0 spiro atoms. The largest absolute Gasteiger partial charge is 0.242 e. The summed E-state index contributed by atoms with van der Waals surface area (Å²) in [7, 11) is 0. The standard InChI is InChI=1S/C30H41F3/c1-3-29(32)27-6-5-7-28(30(33)4-2)26(27)19-18-24-12-10-22(11-13-24)8-9-23-14-16-25(17-15-23)20-21-31/h5-7,20-25,29-30H,3-4,8-17H2,1-2H3/b21-20+. The zero-order valence-corrected chi connectivity index (χ0v) is 20.5. The van der Waals surface area contributed by atoms with Gasteiger partial charge in [-0.05, 0) is 82.0 Å². The molecule has 0 bridgehead atoms. The van der Waals surface area contributed by atoms with Gasteiger partial charge in [0.1, 0.15) is 12.3 Å². The number of alkyl halides is 2. The summed E-state index contributed by atoms with van der Waals surface area (Å²) in [6.07, 6.45) is 12.9. The highest BCUT2D eigenvalue weighted by Crippen LogP contribution is 2.37. The lowest BCUT2D eigenvalue weighted by Crippen LogP contribution is -2.17. The van der Waals surface area contributed by atoms with Crippen molar-refractivity contribution in [3.8, 4) is 11.8 Å². The Bertz CT molecular complexity index is 773. The SMILES string of the molecule is CCC(F)c1cccc(C(F)CC)c1C#CC1CCC(CCC2CCC(/C=C/F)CC2)CC1. The molecular weight excluding hydrogens is 417 g/mol. The third kappa shape index (κ3) is 7.40. The fourth-order valence-corrected chi connectivity index (χ4v) is 5.71. The number of benzene rings is 1. The molecule has 182 valence electrons. The minimum Gasteiger partial charge on any atom is -0.242 e. The van der Waals surface area contributed by atoms with Crippen LogP contribution in [0.5, 0.6) is 0 Å². The predicted molar refractivity (Wildman–Crippen MR) is 132 cm³/mol. The van der Waals surface area contributed by atoms with E-state index in [4.69, 9.17) is 0 Å². The fraction of sp³-hybridized carbons (Fsp3) is 0.667. The molecule has 2 fully saturated rings. The molecule has 0 heterocycles. The van der Waals surface area contributed by atoms with Crippen molar-refractivity contribution in [1.29, 1.82) is 0 Å². The van der Waals surface area contributed by atoms with Crippen molar-refractivity contribution < 1.29 is 13.2 Å². The van der Waals surface area contributed by atoms with Gasteiger partial charge in [-0.15, -0.1) is 0 Å². The minimum absolute atomic E-state index is 0.324. The lowest BCUT2D eigenvalue weighted by Gasteiger charge is -2.30. The van der Waals surface area contributed by atoms with E-state index in [1.807, 2.05) is 13.8 Å². The van der Waals surface area contributed by atoms with E-state index in [2.05, 4.69) is 11.8 Å². The van der Waals surface area contributed by atoms with Gasteiger partial charge in [0.05, 0.1) is 6.33 Å². The maximum atomic E-state index is 14.6. The molecule has 0 saturated heterocycles. The quantitative estimate of drug-likeness (QED) is 0.340. The van der Waals surface area contributed by atoms with E-state index in [9.17, 15) is 13.2 Å². The van der Waals surface area contributed by atoms with Crippen molar-refractivity contribution in [2.75, 3.05) is 0 Å². The molecule has 3 rings (SSSR count). The van der Waals surface area contributed by atoms with Crippen LogP contribution in [0.4, 0.5) is 13.2 Å². The monoisotopic (exact) mass is 458 g/mol. The van der Waals surface area contributed by atoms with Gasteiger partial charge in [-0.1, -0.05) is 62.8 Å². The van der Waals surface area contributed by atoms with Gasteiger partial charge in [-0.25, -0.2) is 13.2 Å². The number of hydrogen-bond acceptors (Lipinski definition) is 0. The number of rotatable bonds is 8. The van der Waals surface area contributed by atoms with Crippen molar-refractivity contribution in [2.24, 2.45) is 23.7 Å². The van der Waals surface area contributed by atoms with E-state index in [0.29, 0.717) is 47.7 Å². The molecule has 1 aromatic rings. The van der Waals surface area contributed by atoms with E-state index >= 15 is 0 Å². The molecule has 33 heavy (non-hydrogen) atoms. The lowest BCUT2D eigenvalue weighted by molar-refractivity contribution is 0.242. The lowest BCUT2D eigenvalue weighted by atomic mass is 9.75. The van der Waals surface area contributed by atoms with Gasteiger partial charge in [0, 0.05) is 22.6 Å². The molecule has 0 nitrogen and oxygen atoms in total. The molecule has 0 aromatic heterocycles. The Morgan fingerprint density at radius 2 is 1.36 bits per heavy atom. The Kier molecular flexibility index (Phi) is 10.4. The average Bonchev–Trinajstić information content (AvgIpc) is 2.86. The molecule has 2 unspecified atom stereocenters. The summed E-state index contributed by atoms with van der Waals surface area (Å²) >= 11 is 0. The van der Waals surface area contributed by atoms with Gasteiger partial charge in [-0.3, -0.25) is 0 Å². The first-order valence-corrected chi connectivity index (χ1v) is 13.2. The molecule has 0 N–H and O–H groups in total. The molecule has 1 aromatic carbocycles. The molecule has 2 aliphatic carbocycles. The van der Waals surface area contributed by atoms with Crippen LogP contribution in [-0.4, -0.2) is 0 Å². The van der Waals surface area contributed by atoms with Crippen LogP contribution in [0.15, 0.2) is 30.6 Å². The Morgan fingerprint density at radius 3 is 1.85 bits per heavy atom. The van der Waals surface area contributed by atoms with Gasteiger partial charge in [0.15, 0.2) is 0 Å². The molecule has 0 aliphatic heterocycles. The number of halogens is 3. The second-order valence-corrected chi connectivity index (χ2v) is 10.2. The van der Waals surface area contributed by atoms with Gasteiger partial charge >= 0.3 is 0 Å². The third-order valence-corrected chi connectivity index (χ3v) is 7.99. The molecule has 2 aliphatic rings. The van der Waals surface area contributed by atoms with Crippen molar-refractivity contribution >= 4 is 0 Å². The second kappa shape index (κ2) is 13.3. The van der Waals surface area contributed by atoms with Crippen molar-refractivity contribution in [1.82, 2.24) is 0 Å². The van der Waals surface area contributed by atoms with Crippen LogP contribution < -0.4 is 0 Å². The summed E-state index contributed by atoms with van der Waals surface area (Å²) in [6.45, 7) is 3.63. The molecule has 0 radical (unpaired) electrons. The van der Waals surface area contributed by atoms with Crippen LogP contribution in [0.3, 0.4) is 0 Å². The molecular formula is C30H41F3. The summed E-state index contributed by atoms with van der Waals surface area (Å²) in [6, 6.07) is 5.29. The molecule has 0 amide bonds. The average molecular weight is 459 g/mol. The van der Waals surface area contributed by atoms with Crippen molar-refractivity contribution in [3.05, 3.63) is 47.3 Å². The van der Waals surface area contributed by atoms with Gasteiger partial charge in [-0.2, -0.15) is 0 Å². The first kappa shape index (κ1) is 25.9.